The van der Waals surface area contributed by atoms with Gasteiger partial charge in [0.1, 0.15) is 0 Å². The number of benzene rings is 12. The van der Waals surface area contributed by atoms with Crippen LogP contribution in [0.1, 0.15) is 255 Å². The number of fused-ring (bicyclic) bond motifs is 27. The van der Waals surface area contributed by atoms with E-state index in [0.717, 1.165) is 51.4 Å². The Morgan fingerprint density at radius 2 is 0.298 bits per heavy atom. The van der Waals surface area contributed by atoms with Crippen molar-refractivity contribution in [2.75, 3.05) is 0 Å². The predicted molar refractivity (Wildman–Crippen MR) is 468 cm³/mol. The van der Waals surface area contributed by atoms with Gasteiger partial charge in [-0.3, -0.25) is 0 Å². The van der Waals surface area contributed by atoms with Crippen LogP contribution in [0.25, 0.3) is 89.0 Å². The highest BCUT2D eigenvalue weighted by Crippen LogP contribution is 2.52. The van der Waals surface area contributed by atoms with Crippen LogP contribution in [0.4, 0.5) is 0 Å². The van der Waals surface area contributed by atoms with E-state index in [1.54, 1.807) is 0 Å². The van der Waals surface area contributed by atoms with E-state index in [-0.39, 0.29) is 0 Å². The molecule has 0 aliphatic heterocycles. The lowest BCUT2D eigenvalue weighted by molar-refractivity contribution is 1.23. The molecule has 104 heavy (non-hydrogen) atoms. The van der Waals surface area contributed by atoms with Gasteiger partial charge in [0, 0.05) is 0 Å². The third-order valence-corrected chi connectivity index (χ3v) is 18.9. The Labute approximate surface area is 634 Å². The van der Waals surface area contributed by atoms with Crippen LogP contribution in [0.15, 0.2) is 243 Å². The van der Waals surface area contributed by atoms with Gasteiger partial charge in [0.15, 0.2) is 0 Å². The quantitative estimate of drug-likeness (QED) is 0.142. The smallest absolute Gasteiger partial charge is 0.000718 e. The van der Waals surface area contributed by atoms with E-state index >= 15 is 0 Å². The molecule has 8 aliphatic rings. The van der Waals surface area contributed by atoms with Gasteiger partial charge in [-0.05, 0) is 242 Å². The topological polar surface area (TPSA) is 0 Å². The summed E-state index contributed by atoms with van der Waals surface area (Å²) in [4.78, 5) is 0. The largest absolute Gasteiger partial charge is 0.0683 e. The minimum absolute atomic E-state index is 1.08. The fourth-order valence-corrected chi connectivity index (χ4v) is 15.3. The molecular weight excluding hydrogens is 1250 g/mol. The van der Waals surface area contributed by atoms with Crippen LogP contribution in [0.5, 0.6) is 0 Å². The lowest BCUT2D eigenvalue weighted by atomic mass is 9.94. The van der Waals surface area contributed by atoms with Crippen LogP contribution in [0, 0.1) is 0 Å². The molecule has 0 saturated carbocycles. The fraction of sp³-hybridized carbons (Fsp3) is 0.308. The maximum absolute atomic E-state index is 2.43. The molecule has 12 aromatic carbocycles. The van der Waals surface area contributed by atoms with Crippen molar-refractivity contribution >= 4 is 0 Å². The Morgan fingerprint density at radius 3 is 0.558 bits per heavy atom. The maximum Gasteiger partial charge on any atom is -0.000718 e. The van der Waals surface area contributed by atoms with Crippen LogP contribution in [0.3, 0.4) is 0 Å². The molecule has 0 atom stereocenters. The van der Waals surface area contributed by atoms with Crippen molar-refractivity contribution in [1.29, 1.82) is 0 Å². The molecule has 0 radical (unpaired) electrons. The molecule has 0 heteroatoms. The number of hydrogen-bond acceptors (Lipinski definition) is 0. The van der Waals surface area contributed by atoms with Crippen LogP contribution < -0.4 is 0 Å². The lowest BCUT2D eigenvalue weighted by Gasteiger charge is -2.10. The highest BCUT2D eigenvalue weighted by Gasteiger charge is 2.32. The van der Waals surface area contributed by atoms with Crippen molar-refractivity contribution in [1.82, 2.24) is 0 Å². The first kappa shape index (κ1) is 85.3. The van der Waals surface area contributed by atoms with Gasteiger partial charge >= 0.3 is 0 Å². The first-order valence-corrected chi connectivity index (χ1v) is 40.9. The molecule has 8 aliphatic carbocycles. The Hall–Kier alpha value is -9.36. The number of hydrogen-bond donors (Lipinski definition) is 0. The van der Waals surface area contributed by atoms with Gasteiger partial charge in [0.25, 0.3) is 0 Å². The molecule has 0 aromatic heterocycles. The van der Waals surface area contributed by atoms with Crippen LogP contribution in [-0.2, 0) is 51.4 Å². The zero-order valence-corrected chi connectivity index (χ0v) is 68.8. The van der Waals surface area contributed by atoms with Gasteiger partial charge in [0.2, 0.25) is 0 Å². The normalized spacial score (nSPS) is 11.2. The highest BCUT2D eigenvalue weighted by atomic mass is 14.4. The average Bonchev–Trinajstić information content (AvgIpc) is 1.43. The minimum atomic E-state index is 1.08. The van der Waals surface area contributed by atoms with Crippen molar-refractivity contribution in [2.24, 2.45) is 0 Å². The van der Waals surface area contributed by atoms with Crippen molar-refractivity contribution in [3.63, 3.8) is 0 Å². The van der Waals surface area contributed by atoms with Gasteiger partial charge < -0.3 is 0 Å². The Balaban J connectivity index is 0.000000227. The van der Waals surface area contributed by atoms with Crippen LogP contribution >= 0.6 is 0 Å². The van der Waals surface area contributed by atoms with E-state index in [0.29, 0.717) is 0 Å². The molecule has 0 nitrogen and oxygen atoms in total. The van der Waals surface area contributed by atoms with E-state index in [1.807, 2.05) is 166 Å². The molecule has 12 aromatic rings. The summed E-state index contributed by atoms with van der Waals surface area (Å²) in [5, 5.41) is 0. The summed E-state index contributed by atoms with van der Waals surface area (Å²) in [5.41, 5.74) is 47.1. The zero-order chi connectivity index (χ0) is 76.4. The van der Waals surface area contributed by atoms with E-state index in [4.69, 9.17) is 0 Å². The van der Waals surface area contributed by atoms with Crippen LogP contribution in [-0.4, -0.2) is 0 Å². The summed E-state index contributed by atoms with van der Waals surface area (Å²) in [5.74, 6) is 0. The van der Waals surface area contributed by atoms with Crippen molar-refractivity contribution in [3.05, 3.63) is 332 Å². The molecule has 0 N–H and O–H groups in total. The molecule has 0 unspecified atom stereocenters. The maximum atomic E-state index is 2.43. The summed E-state index contributed by atoms with van der Waals surface area (Å²) in [6.45, 7) is 48.0. The summed E-state index contributed by atoms with van der Waals surface area (Å²) < 4.78 is 0. The Morgan fingerprint density at radius 1 is 0.125 bits per heavy atom. The first-order chi connectivity index (χ1) is 51.6. The molecule has 0 saturated heterocycles. The first-order valence-electron chi connectivity index (χ1n) is 40.9. The summed E-state index contributed by atoms with van der Waals surface area (Å²) in [6.07, 6.45) is 8.69. The Kier molecular flexibility index (Phi) is 36.4. The second kappa shape index (κ2) is 44.3. The van der Waals surface area contributed by atoms with Crippen LogP contribution in [0.2, 0.25) is 0 Å². The SMILES string of the molecule is CC.CC.CC.CC.CC.CC.CC.CC.CC.CC.CC.CC.c1ccc2c(c1)Cc1c-2ccc2c1-c1ccccc1C2.c1ccc2c(c1)Cc1c-2ccc2c1-c1ccccc1C2.c1ccc2c(c1)Cc1cc3c(cc1-2)Cc1ccccc1-3.c1ccc2c(c1)Cc1ccc3c(c1-2)-c1ccccc1C3. The molecule has 0 amide bonds. The lowest BCUT2D eigenvalue weighted by Crippen LogP contribution is -1.88. The summed E-state index contributed by atoms with van der Waals surface area (Å²) >= 11 is 0. The van der Waals surface area contributed by atoms with E-state index < -0.39 is 0 Å². The highest BCUT2D eigenvalue weighted by molar-refractivity contribution is 5.96. The monoisotopic (exact) mass is 1380 g/mol. The fourth-order valence-electron chi connectivity index (χ4n) is 15.3. The average molecular weight is 1380 g/mol. The molecule has 544 valence electrons. The molecule has 20 rings (SSSR count). The zero-order valence-electron chi connectivity index (χ0n) is 68.8. The summed E-state index contributed by atoms with van der Waals surface area (Å²) in [6, 6.07) is 89.6. The Bertz CT molecular complexity index is 4300. The van der Waals surface area contributed by atoms with Gasteiger partial charge in [0.05, 0.1) is 0 Å². The van der Waals surface area contributed by atoms with Crippen molar-refractivity contribution < 1.29 is 0 Å². The molecule has 0 fully saturated rings. The van der Waals surface area contributed by atoms with E-state index in [2.05, 4.69) is 243 Å². The summed E-state index contributed by atoms with van der Waals surface area (Å²) in [7, 11) is 0. The molecule has 0 bridgehead atoms. The van der Waals surface area contributed by atoms with Gasteiger partial charge in [-0.25, -0.2) is 0 Å². The minimum Gasteiger partial charge on any atom is -0.0683 e. The van der Waals surface area contributed by atoms with Crippen molar-refractivity contribution in [2.45, 2.75) is 218 Å². The second-order valence-electron chi connectivity index (χ2n) is 23.2. The molecular formula is C104H128. The third kappa shape index (κ3) is 17.7. The van der Waals surface area contributed by atoms with Crippen molar-refractivity contribution in [3.8, 4) is 89.0 Å². The standard InChI is InChI=1S/4C20H14.12C2H6/c2*1-3-7-16-14(6-1)12-19-18(16)10-9-15-11-13-5-2-4-8-17(13)20(15)19;1-3-7-17-13(5-1)9-15-11-20-16(12-19(15)17)10-14-6-2-4-8-18(14)20;1-3-7-17-13(5-1)11-15-9-10-16-12-14-6-2-4-8-18(14)20(16)19(15)17;12*1-2/h2*1-10H,11-12H2;1-8,11-12H,9-10H2;1-10H,11-12H2;12*1-2H3. The third-order valence-electron chi connectivity index (χ3n) is 18.9. The van der Waals surface area contributed by atoms with Gasteiger partial charge in [-0.15, -0.1) is 0 Å². The number of rotatable bonds is 0. The van der Waals surface area contributed by atoms with Gasteiger partial charge in [-0.1, -0.05) is 397 Å². The molecule has 0 spiro atoms. The second-order valence-corrected chi connectivity index (χ2v) is 23.2. The predicted octanol–water partition coefficient (Wildman–Crippen LogP) is 31.6. The van der Waals surface area contributed by atoms with E-state index in [1.165, 1.54) is 178 Å². The molecule has 0 heterocycles. The van der Waals surface area contributed by atoms with E-state index in [9.17, 15) is 0 Å². The van der Waals surface area contributed by atoms with Gasteiger partial charge in [-0.2, -0.15) is 0 Å².